The van der Waals surface area contributed by atoms with Crippen molar-refractivity contribution >= 4 is 23.3 Å². The minimum Gasteiger partial charge on any atom is -0.493 e. The summed E-state index contributed by atoms with van der Waals surface area (Å²) in [5, 5.41) is 7.50. The highest BCUT2D eigenvalue weighted by molar-refractivity contribution is 6.31. The molecule has 1 spiro atoms. The van der Waals surface area contributed by atoms with E-state index in [4.69, 9.17) is 21.1 Å². The van der Waals surface area contributed by atoms with Crippen LogP contribution in [-0.4, -0.2) is 52.1 Å². The van der Waals surface area contributed by atoms with Gasteiger partial charge in [-0.2, -0.15) is 5.10 Å². The third-order valence-electron chi connectivity index (χ3n) is 6.65. The standard InChI is InChI=1S/C26H26ClN3O4/c1-3-33-23-5-4-17(21-6-9-28-29-21)13-19(23)25(32)30-10-7-26(8-11-30)15-22(31)18-14-20(27)16(2)12-24(18)34-26/h4-6,9,12-14H,3,7-8,10-11,15H2,1-2H3,(H,28,29). The Labute approximate surface area is 203 Å². The lowest BCUT2D eigenvalue weighted by atomic mass is 9.82. The van der Waals surface area contributed by atoms with E-state index in [0.29, 0.717) is 66.6 Å². The molecule has 0 atom stereocenters. The zero-order valence-corrected chi connectivity index (χ0v) is 19.9. The summed E-state index contributed by atoms with van der Waals surface area (Å²) >= 11 is 6.21. The van der Waals surface area contributed by atoms with Crippen molar-refractivity contribution < 1.29 is 19.1 Å². The van der Waals surface area contributed by atoms with Crippen molar-refractivity contribution in [2.45, 2.75) is 38.7 Å². The Morgan fingerprint density at radius 2 is 2.03 bits per heavy atom. The molecule has 34 heavy (non-hydrogen) atoms. The molecule has 0 unspecified atom stereocenters. The number of ether oxygens (including phenoxy) is 2. The number of H-pyrrole nitrogens is 1. The molecule has 1 aromatic heterocycles. The highest BCUT2D eigenvalue weighted by Gasteiger charge is 2.44. The van der Waals surface area contributed by atoms with Crippen LogP contribution in [0.2, 0.25) is 5.02 Å². The number of halogens is 1. The Morgan fingerprint density at radius 1 is 1.24 bits per heavy atom. The summed E-state index contributed by atoms with van der Waals surface area (Å²) in [5.74, 6) is 1.09. The Hall–Kier alpha value is -3.32. The van der Waals surface area contributed by atoms with Gasteiger partial charge in [-0.3, -0.25) is 14.7 Å². The first-order valence-corrected chi connectivity index (χ1v) is 11.9. The lowest BCUT2D eigenvalue weighted by Crippen LogP contribution is -2.52. The first-order chi connectivity index (χ1) is 16.4. The second kappa shape index (κ2) is 8.80. The number of aromatic amines is 1. The molecule has 8 heteroatoms. The quantitative estimate of drug-likeness (QED) is 0.564. The predicted molar refractivity (Wildman–Crippen MR) is 129 cm³/mol. The average molecular weight is 480 g/mol. The molecular formula is C26H26ClN3O4. The number of hydrogen-bond acceptors (Lipinski definition) is 5. The number of hydrogen-bond donors (Lipinski definition) is 1. The number of amides is 1. The largest absolute Gasteiger partial charge is 0.493 e. The smallest absolute Gasteiger partial charge is 0.257 e. The van der Waals surface area contributed by atoms with E-state index >= 15 is 0 Å². The van der Waals surface area contributed by atoms with Crippen molar-refractivity contribution in [3.05, 3.63) is 64.3 Å². The van der Waals surface area contributed by atoms with E-state index in [9.17, 15) is 9.59 Å². The van der Waals surface area contributed by atoms with Crippen LogP contribution in [0.25, 0.3) is 11.3 Å². The molecule has 0 saturated carbocycles. The number of carbonyl (C=O) groups is 2. The maximum Gasteiger partial charge on any atom is 0.257 e. The van der Waals surface area contributed by atoms with Crippen LogP contribution >= 0.6 is 11.6 Å². The highest BCUT2D eigenvalue weighted by atomic mass is 35.5. The van der Waals surface area contributed by atoms with Crippen molar-refractivity contribution in [2.24, 2.45) is 0 Å². The molecule has 5 rings (SSSR count). The summed E-state index contributed by atoms with van der Waals surface area (Å²) in [4.78, 5) is 28.2. The third-order valence-corrected chi connectivity index (χ3v) is 7.06. The Balaban J connectivity index is 1.36. The van der Waals surface area contributed by atoms with Gasteiger partial charge in [0.05, 0.1) is 29.8 Å². The number of aryl methyl sites for hydroxylation is 1. The molecule has 0 bridgehead atoms. The van der Waals surface area contributed by atoms with Gasteiger partial charge in [-0.1, -0.05) is 11.6 Å². The molecule has 3 aromatic rings. The van der Waals surface area contributed by atoms with Crippen LogP contribution in [0.1, 0.15) is 52.5 Å². The summed E-state index contributed by atoms with van der Waals surface area (Å²) in [7, 11) is 0. The van der Waals surface area contributed by atoms with Crippen LogP contribution in [0, 0.1) is 6.92 Å². The first-order valence-electron chi connectivity index (χ1n) is 11.5. The second-order valence-corrected chi connectivity index (χ2v) is 9.30. The van der Waals surface area contributed by atoms with Gasteiger partial charge in [0.25, 0.3) is 5.91 Å². The molecule has 1 saturated heterocycles. The predicted octanol–water partition coefficient (Wildman–Crippen LogP) is 5.08. The summed E-state index contributed by atoms with van der Waals surface area (Å²) in [6, 6.07) is 11.0. The minimum atomic E-state index is -0.596. The van der Waals surface area contributed by atoms with E-state index in [1.54, 1.807) is 12.3 Å². The molecule has 7 nitrogen and oxygen atoms in total. The van der Waals surface area contributed by atoms with Crippen molar-refractivity contribution in [2.75, 3.05) is 19.7 Å². The number of Topliss-reactive ketones (excluding diaryl/α,β-unsaturated/α-hetero) is 1. The molecule has 1 fully saturated rings. The number of rotatable bonds is 4. The molecule has 2 aliphatic rings. The lowest BCUT2D eigenvalue weighted by Gasteiger charge is -2.44. The van der Waals surface area contributed by atoms with Crippen LogP contribution in [0.5, 0.6) is 11.5 Å². The van der Waals surface area contributed by atoms with E-state index in [-0.39, 0.29) is 11.7 Å². The zero-order chi connectivity index (χ0) is 23.9. The van der Waals surface area contributed by atoms with Crippen LogP contribution in [-0.2, 0) is 0 Å². The van der Waals surface area contributed by atoms with Gasteiger partial charge < -0.3 is 14.4 Å². The third kappa shape index (κ3) is 4.05. The summed E-state index contributed by atoms with van der Waals surface area (Å²) in [5.41, 5.74) is 3.03. The Kier molecular flexibility index (Phi) is 5.81. The van der Waals surface area contributed by atoms with Crippen LogP contribution in [0.3, 0.4) is 0 Å². The Bertz CT molecular complexity index is 1250. The minimum absolute atomic E-state index is 0.0359. The topological polar surface area (TPSA) is 84.5 Å². The van der Waals surface area contributed by atoms with E-state index in [2.05, 4.69) is 10.2 Å². The summed E-state index contributed by atoms with van der Waals surface area (Å²) in [6.07, 6.45) is 3.13. The SMILES string of the molecule is CCOc1ccc(-c2ccn[nH]2)cc1C(=O)N1CCC2(CC1)CC(=O)c1cc(Cl)c(C)cc1O2. The lowest BCUT2D eigenvalue weighted by molar-refractivity contribution is -0.00579. The van der Waals surface area contributed by atoms with Gasteiger partial charge in [-0.15, -0.1) is 0 Å². The number of carbonyl (C=O) groups excluding carboxylic acids is 2. The number of nitrogens with zero attached hydrogens (tertiary/aromatic N) is 2. The molecule has 176 valence electrons. The van der Waals surface area contributed by atoms with Gasteiger partial charge in [0.2, 0.25) is 0 Å². The molecule has 2 aliphatic heterocycles. The van der Waals surface area contributed by atoms with Gasteiger partial charge in [-0.25, -0.2) is 0 Å². The number of piperidine rings is 1. The van der Waals surface area contributed by atoms with E-state index in [0.717, 1.165) is 16.8 Å². The van der Waals surface area contributed by atoms with Gasteiger partial charge in [0.15, 0.2) is 5.78 Å². The van der Waals surface area contributed by atoms with Crippen molar-refractivity contribution in [3.63, 3.8) is 0 Å². The van der Waals surface area contributed by atoms with Crippen LogP contribution in [0.15, 0.2) is 42.6 Å². The van der Waals surface area contributed by atoms with E-state index in [1.165, 1.54) is 0 Å². The normalized spacial score (nSPS) is 16.8. The van der Waals surface area contributed by atoms with Gasteiger partial charge in [-0.05, 0) is 55.8 Å². The molecule has 1 N–H and O–H groups in total. The summed E-state index contributed by atoms with van der Waals surface area (Å²) < 4.78 is 12.1. The van der Waals surface area contributed by atoms with Crippen molar-refractivity contribution in [1.82, 2.24) is 15.1 Å². The number of aromatic nitrogens is 2. The summed E-state index contributed by atoms with van der Waals surface area (Å²) in [6.45, 7) is 5.24. The number of fused-ring (bicyclic) bond motifs is 1. The maximum absolute atomic E-state index is 13.5. The fourth-order valence-electron chi connectivity index (χ4n) is 4.74. The Morgan fingerprint density at radius 3 is 2.74 bits per heavy atom. The van der Waals surface area contributed by atoms with Gasteiger partial charge in [0.1, 0.15) is 17.1 Å². The average Bonchev–Trinajstić information content (AvgIpc) is 3.36. The van der Waals surface area contributed by atoms with E-state index in [1.807, 2.05) is 49.1 Å². The maximum atomic E-state index is 13.5. The molecule has 3 heterocycles. The van der Waals surface area contributed by atoms with Crippen molar-refractivity contribution in [1.29, 1.82) is 0 Å². The van der Waals surface area contributed by atoms with Crippen LogP contribution < -0.4 is 9.47 Å². The number of nitrogens with one attached hydrogen (secondary N) is 1. The van der Waals surface area contributed by atoms with Gasteiger partial charge >= 0.3 is 0 Å². The number of benzene rings is 2. The second-order valence-electron chi connectivity index (χ2n) is 8.89. The molecule has 2 aromatic carbocycles. The van der Waals surface area contributed by atoms with Gasteiger partial charge in [0, 0.05) is 42.7 Å². The zero-order valence-electron chi connectivity index (χ0n) is 19.2. The molecule has 0 radical (unpaired) electrons. The van der Waals surface area contributed by atoms with Crippen LogP contribution in [0.4, 0.5) is 0 Å². The fraction of sp³-hybridized carbons (Fsp3) is 0.346. The number of likely N-dealkylation sites (tertiary alicyclic amines) is 1. The molecule has 0 aliphatic carbocycles. The molecular weight excluding hydrogens is 454 g/mol. The monoisotopic (exact) mass is 479 g/mol. The van der Waals surface area contributed by atoms with Crippen molar-refractivity contribution in [3.8, 4) is 22.8 Å². The molecule has 1 amide bonds. The first kappa shape index (κ1) is 22.5. The fourth-order valence-corrected chi connectivity index (χ4v) is 4.91. The number of ketones is 1. The van der Waals surface area contributed by atoms with E-state index < -0.39 is 5.60 Å². The highest BCUT2D eigenvalue weighted by Crippen LogP contribution is 2.41.